The van der Waals surface area contributed by atoms with E-state index in [9.17, 15) is 18.0 Å². The summed E-state index contributed by atoms with van der Waals surface area (Å²) < 4.78 is 49.1. The van der Waals surface area contributed by atoms with E-state index < -0.39 is 17.8 Å². The average Bonchev–Trinajstić information content (AvgIpc) is 3.14. The molecule has 1 fully saturated rings. The Kier molecular flexibility index (Phi) is 5.53. The number of methoxy groups -OCH3 is 1. The number of nitrogens with zero attached hydrogens (tertiary/aromatic N) is 3. The molecule has 31 heavy (non-hydrogen) atoms. The minimum Gasteiger partial charge on any atom is -0.496 e. The minimum absolute atomic E-state index is 0.0835. The van der Waals surface area contributed by atoms with Crippen LogP contribution in [0.15, 0.2) is 53.1 Å². The number of ether oxygens (including phenoxy) is 1. The number of carbonyl (C=O) groups is 1. The smallest absolute Gasteiger partial charge is 0.416 e. The fraction of sp³-hybridized carbons (Fsp3) is 0.286. The lowest BCUT2D eigenvalue weighted by Gasteiger charge is -2.36. The standard InChI is InChI=1S/C21H19F3N4O3/c1-30-17-8-3-2-5-13(17)9-18-26-19(31-27-18)14-11-28(12-14)20(29)25-16-7-4-6-15(10-16)21(22,23)24/h2-8,10,14H,9,11-12H2,1H3,(H,25,29). The first-order chi connectivity index (χ1) is 14.8. The first-order valence-corrected chi connectivity index (χ1v) is 9.51. The molecule has 4 rings (SSSR count). The summed E-state index contributed by atoms with van der Waals surface area (Å²) in [5.74, 6) is 1.54. The number of aromatic nitrogens is 2. The van der Waals surface area contributed by atoms with Crippen LogP contribution < -0.4 is 10.1 Å². The Balaban J connectivity index is 1.33. The Morgan fingerprint density at radius 3 is 2.74 bits per heavy atom. The molecule has 0 unspecified atom stereocenters. The van der Waals surface area contributed by atoms with E-state index in [0.717, 1.165) is 23.4 Å². The minimum atomic E-state index is -4.47. The zero-order valence-corrected chi connectivity index (χ0v) is 16.5. The van der Waals surface area contributed by atoms with Crippen molar-refractivity contribution in [2.75, 3.05) is 25.5 Å². The molecule has 0 radical (unpaired) electrons. The van der Waals surface area contributed by atoms with Gasteiger partial charge in [-0.05, 0) is 24.3 Å². The van der Waals surface area contributed by atoms with Crippen LogP contribution in [0.1, 0.15) is 28.8 Å². The number of hydrogen-bond acceptors (Lipinski definition) is 5. The molecule has 162 valence electrons. The van der Waals surface area contributed by atoms with E-state index in [1.807, 2.05) is 24.3 Å². The zero-order valence-electron chi connectivity index (χ0n) is 16.5. The number of nitrogens with one attached hydrogen (secondary N) is 1. The number of para-hydroxylation sites is 1. The van der Waals surface area contributed by atoms with Gasteiger partial charge in [0.1, 0.15) is 5.75 Å². The molecule has 2 amide bonds. The monoisotopic (exact) mass is 432 g/mol. The summed E-state index contributed by atoms with van der Waals surface area (Å²) >= 11 is 0. The largest absolute Gasteiger partial charge is 0.496 e. The fourth-order valence-corrected chi connectivity index (χ4v) is 3.30. The van der Waals surface area contributed by atoms with Gasteiger partial charge in [0.2, 0.25) is 5.89 Å². The second kappa shape index (κ2) is 8.29. The van der Waals surface area contributed by atoms with Crippen LogP contribution in [0.2, 0.25) is 0 Å². The first-order valence-electron chi connectivity index (χ1n) is 9.51. The lowest BCUT2D eigenvalue weighted by Crippen LogP contribution is -2.50. The molecule has 0 atom stereocenters. The molecule has 2 heterocycles. The maximum Gasteiger partial charge on any atom is 0.416 e. The van der Waals surface area contributed by atoms with E-state index in [1.165, 1.54) is 17.0 Å². The Bertz CT molecular complexity index is 1080. The molecule has 0 aliphatic carbocycles. The van der Waals surface area contributed by atoms with Crippen LogP contribution in [-0.4, -0.2) is 41.3 Å². The zero-order chi connectivity index (χ0) is 22.0. The number of urea groups is 1. The number of anilines is 1. The Hall–Kier alpha value is -3.56. The molecule has 1 N–H and O–H groups in total. The molecule has 1 aromatic heterocycles. The molecule has 7 nitrogen and oxygen atoms in total. The lowest BCUT2D eigenvalue weighted by molar-refractivity contribution is -0.137. The first kappa shape index (κ1) is 20.7. The Labute approximate surface area is 175 Å². The van der Waals surface area contributed by atoms with Crippen LogP contribution in [0, 0.1) is 0 Å². The summed E-state index contributed by atoms with van der Waals surface area (Å²) in [5, 5.41) is 6.48. The summed E-state index contributed by atoms with van der Waals surface area (Å²) in [6.45, 7) is 0.669. The van der Waals surface area contributed by atoms with Crippen LogP contribution in [0.25, 0.3) is 0 Å². The van der Waals surface area contributed by atoms with E-state index in [4.69, 9.17) is 9.26 Å². The Morgan fingerprint density at radius 2 is 2.00 bits per heavy atom. The van der Waals surface area contributed by atoms with Crippen molar-refractivity contribution in [2.45, 2.75) is 18.5 Å². The van der Waals surface area contributed by atoms with E-state index in [0.29, 0.717) is 31.2 Å². The van der Waals surface area contributed by atoms with Crippen molar-refractivity contribution in [1.82, 2.24) is 15.0 Å². The molecular formula is C21H19F3N4O3. The van der Waals surface area contributed by atoms with Crippen molar-refractivity contribution in [1.29, 1.82) is 0 Å². The maximum absolute atomic E-state index is 12.8. The number of rotatable bonds is 5. The highest BCUT2D eigenvalue weighted by Gasteiger charge is 2.36. The van der Waals surface area contributed by atoms with Gasteiger partial charge in [0.25, 0.3) is 0 Å². The molecule has 1 saturated heterocycles. The molecular weight excluding hydrogens is 413 g/mol. The van der Waals surface area contributed by atoms with Gasteiger partial charge in [-0.1, -0.05) is 29.4 Å². The van der Waals surface area contributed by atoms with E-state index in [-0.39, 0.29) is 11.6 Å². The lowest BCUT2D eigenvalue weighted by atomic mass is 10.0. The third-order valence-electron chi connectivity index (χ3n) is 4.98. The number of hydrogen-bond donors (Lipinski definition) is 1. The van der Waals surface area contributed by atoms with Gasteiger partial charge < -0.3 is 19.5 Å². The third-order valence-corrected chi connectivity index (χ3v) is 4.98. The van der Waals surface area contributed by atoms with Crippen LogP contribution in [0.3, 0.4) is 0 Å². The predicted molar refractivity (Wildman–Crippen MR) is 105 cm³/mol. The summed E-state index contributed by atoms with van der Waals surface area (Å²) in [5.41, 5.74) is 0.188. The van der Waals surface area contributed by atoms with Gasteiger partial charge in [0.15, 0.2) is 5.82 Å². The molecule has 0 bridgehead atoms. The van der Waals surface area contributed by atoms with Crippen molar-refractivity contribution in [3.8, 4) is 5.75 Å². The van der Waals surface area contributed by atoms with Crippen LogP contribution >= 0.6 is 0 Å². The molecule has 2 aromatic carbocycles. The van der Waals surface area contributed by atoms with E-state index >= 15 is 0 Å². The second-order valence-corrected chi connectivity index (χ2v) is 7.15. The van der Waals surface area contributed by atoms with Crippen LogP contribution in [-0.2, 0) is 12.6 Å². The van der Waals surface area contributed by atoms with Crippen LogP contribution in [0.4, 0.5) is 23.7 Å². The predicted octanol–water partition coefficient (Wildman–Crippen LogP) is 4.32. The van der Waals surface area contributed by atoms with Crippen LogP contribution in [0.5, 0.6) is 5.75 Å². The molecule has 1 aliphatic heterocycles. The normalized spacial score (nSPS) is 14.3. The van der Waals surface area contributed by atoms with Gasteiger partial charge in [0.05, 0.1) is 18.6 Å². The summed E-state index contributed by atoms with van der Waals surface area (Å²) in [6.07, 6.45) is -4.03. The topological polar surface area (TPSA) is 80.5 Å². The molecule has 0 saturated carbocycles. The second-order valence-electron chi connectivity index (χ2n) is 7.15. The summed E-state index contributed by atoms with van der Waals surface area (Å²) in [7, 11) is 1.59. The van der Waals surface area contributed by atoms with Crippen molar-refractivity contribution in [3.63, 3.8) is 0 Å². The number of likely N-dealkylation sites (tertiary alicyclic amines) is 1. The van der Waals surface area contributed by atoms with Gasteiger partial charge in [-0.2, -0.15) is 18.2 Å². The fourth-order valence-electron chi connectivity index (χ4n) is 3.30. The van der Waals surface area contributed by atoms with Crippen molar-refractivity contribution in [2.24, 2.45) is 0 Å². The number of benzene rings is 2. The number of carbonyl (C=O) groups excluding carboxylic acids is 1. The SMILES string of the molecule is COc1ccccc1Cc1noc(C2CN(C(=O)Nc3cccc(C(F)(F)F)c3)C2)n1. The Morgan fingerprint density at radius 1 is 1.23 bits per heavy atom. The maximum atomic E-state index is 12.8. The van der Waals surface area contributed by atoms with Gasteiger partial charge in [-0.25, -0.2) is 4.79 Å². The third kappa shape index (κ3) is 4.62. The van der Waals surface area contributed by atoms with Crippen molar-refractivity contribution in [3.05, 3.63) is 71.4 Å². The van der Waals surface area contributed by atoms with Gasteiger partial charge in [-0.3, -0.25) is 0 Å². The van der Waals surface area contributed by atoms with Crippen molar-refractivity contribution < 1.29 is 27.2 Å². The molecule has 10 heteroatoms. The number of alkyl halides is 3. The molecule has 1 aliphatic rings. The molecule has 3 aromatic rings. The quantitative estimate of drug-likeness (QED) is 0.650. The van der Waals surface area contributed by atoms with E-state index in [1.54, 1.807) is 7.11 Å². The summed E-state index contributed by atoms with van der Waals surface area (Å²) in [6, 6.07) is 11.6. The highest BCUT2D eigenvalue weighted by atomic mass is 19.4. The highest BCUT2D eigenvalue weighted by Crippen LogP contribution is 2.31. The number of halogens is 3. The average molecular weight is 432 g/mol. The van der Waals surface area contributed by atoms with Gasteiger partial charge in [0, 0.05) is 30.8 Å². The summed E-state index contributed by atoms with van der Waals surface area (Å²) in [4.78, 5) is 18.2. The highest BCUT2D eigenvalue weighted by molar-refractivity contribution is 5.90. The van der Waals surface area contributed by atoms with Crippen molar-refractivity contribution >= 4 is 11.7 Å². The van der Waals surface area contributed by atoms with Gasteiger partial charge >= 0.3 is 12.2 Å². The molecule has 0 spiro atoms. The van der Waals surface area contributed by atoms with E-state index in [2.05, 4.69) is 15.5 Å². The van der Waals surface area contributed by atoms with Gasteiger partial charge in [-0.15, -0.1) is 0 Å². The number of amides is 2.